The van der Waals surface area contributed by atoms with Crippen LogP contribution in [0.2, 0.25) is 0 Å². The molecule has 110 valence electrons. The topological polar surface area (TPSA) is 95.7 Å². The Morgan fingerprint density at radius 3 is 2.95 bits per heavy atom. The zero-order chi connectivity index (χ0) is 14.7. The fourth-order valence-corrected chi connectivity index (χ4v) is 2.27. The summed E-state index contributed by atoms with van der Waals surface area (Å²) in [6.07, 6.45) is 2.92. The third-order valence-electron chi connectivity index (χ3n) is 3.41. The van der Waals surface area contributed by atoms with Crippen LogP contribution < -0.4 is 5.32 Å². The van der Waals surface area contributed by atoms with E-state index in [1.54, 1.807) is 20.0 Å². The number of hydrogen-bond acceptors (Lipinski definition) is 4. The number of carboxylic acid groups (broad SMARTS) is 1. The molecule has 1 aromatic rings. The molecule has 1 fully saturated rings. The normalized spacial score (nSPS) is 20.5. The summed E-state index contributed by atoms with van der Waals surface area (Å²) in [6, 6.07) is -0.624. The van der Waals surface area contributed by atoms with Gasteiger partial charge >= 0.3 is 12.0 Å². The van der Waals surface area contributed by atoms with E-state index in [4.69, 9.17) is 9.52 Å². The molecular formula is C13H19N3O4. The van der Waals surface area contributed by atoms with Crippen LogP contribution in [0.15, 0.2) is 10.6 Å². The molecule has 2 rings (SSSR count). The predicted octanol–water partition coefficient (Wildman–Crippen LogP) is 1.55. The summed E-state index contributed by atoms with van der Waals surface area (Å²) < 4.78 is 5.35. The molecule has 0 aliphatic carbocycles. The lowest BCUT2D eigenvalue weighted by atomic mass is 9.99. The molecule has 0 spiro atoms. The number of hydrogen-bond donors (Lipinski definition) is 2. The van der Waals surface area contributed by atoms with E-state index in [0.29, 0.717) is 31.0 Å². The lowest BCUT2D eigenvalue weighted by Crippen LogP contribution is -2.47. The number of aryl methyl sites for hydroxylation is 1. The number of carboxylic acids is 1. The third kappa shape index (κ3) is 3.28. The average molecular weight is 281 g/mol. The average Bonchev–Trinajstić information content (AvgIpc) is 2.85. The molecule has 20 heavy (non-hydrogen) atoms. The van der Waals surface area contributed by atoms with Crippen molar-refractivity contribution >= 4 is 12.0 Å². The summed E-state index contributed by atoms with van der Waals surface area (Å²) in [4.78, 5) is 28.7. The van der Waals surface area contributed by atoms with Crippen LogP contribution in [0.5, 0.6) is 0 Å². The van der Waals surface area contributed by atoms with Crippen LogP contribution in [0.3, 0.4) is 0 Å². The first-order chi connectivity index (χ1) is 9.47. The van der Waals surface area contributed by atoms with Crippen LogP contribution in [0.25, 0.3) is 0 Å². The van der Waals surface area contributed by atoms with Gasteiger partial charge in [0, 0.05) is 13.1 Å². The van der Waals surface area contributed by atoms with Crippen molar-refractivity contribution in [2.75, 3.05) is 13.1 Å². The van der Waals surface area contributed by atoms with Gasteiger partial charge in [0.05, 0.1) is 12.1 Å². The van der Waals surface area contributed by atoms with Crippen molar-refractivity contribution in [3.05, 3.63) is 17.8 Å². The Labute approximate surface area is 117 Å². The maximum absolute atomic E-state index is 12.1. The molecule has 1 saturated heterocycles. The zero-order valence-corrected chi connectivity index (χ0v) is 11.6. The standard InChI is InChI=1S/C13H19N3O4/c1-8-6-14-11(20-8)9(2)15-13(19)16-5-3-4-10(7-16)12(17)18/h6,9-10H,3-5,7H2,1-2H3,(H,15,19)(H,17,18). The number of carbonyl (C=O) groups is 2. The third-order valence-corrected chi connectivity index (χ3v) is 3.41. The van der Waals surface area contributed by atoms with E-state index < -0.39 is 11.9 Å². The van der Waals surface area contributed by atoms with Gasteiger partial charge in [0.2, 0.25) is 5.89 Å². The monoisotopic (exact) mass is 281 g/mol. The van der Waals surface area contributed by atoms with Gasteiger partial charge in [0.1, 0.15) is 11.8 Å². The molecule has 7 heteroatoms. The summed E-state index contributed by atoms with van der Waals surface area (Å²) in [7, 11) is 0. The summed E-state index contributed by atoms with van der Waals surface area (Å²) in [6.45, 7) is 4.39. The molecule has 1 aliphatic rings. The van der Waals surface area contributed by atoms with Crippen molar-refractivity contribution in [2.45, 2.75) is 32.7 Å². The number of oxazole rings is 1. The van der Waals surface area contributed by atoms with E-state index in [2.05, 4.69) is 10.3 Å². The molecule has 1 aromatic heterocycles. The summed E-state index contributed by atoms with van der Waals surface area (Å²) in [5.41, 5.74) is 0. The van der Waals surface area contributed by atoms with Gasteiger partial charge in [-0.25, -0.2) is 9.78 Å². The fraction of sp³-hybridized carbons (Fsp3) is 0.615. The maximum atomic E-state index is 12.1. The SMILES string of the molecule is Cc1cnc(C(C)NC(=O)N2CCCC(C(=O)O)C2)o1. The molecule has 7 nitrogen and oxygen atoms in total. The number of amides is 2. The Hall–Kier alpha value is -2.05. The Balaban J connectivity index is 1.92. The Morgan fingerprint density at radius 1 is 1.60 bits per heavy atom. The minimum Gasteiger partial charge on any atom is -0.481 e. The number of nitrogens with one attached hydrogen (secondary N) is 1. The van der Waals surface area contributed by atoms with Gasteiger partial charge in [-0.05, 0) is 26.7 Å². The highest BCUT2D eigenvalue weighted by Crippen LogP contribution is 2.18. The number of aromatic nitrogens is 1. The second-order valence-corrected chi connectivity index (χ2v) is 5.10. The molecule has 0 aromatic carbocycles. The van der Waals surface area contributed by atoms with Gasteiger partial charge in [-0.3, -0.25) is 4.79 Å². The second kappa shape index (κ2) is 5.94. The van der Waals surface area contributed by atoms with Gasteiger partial charge in [-0.1, -0.05) is 0 Å². The molecule has 2 amide bonds. The minimum atomic E-state index is -0.848. The van der Waals surface area contributed by atoms with E-state index in [1.807, 2.05) is 0 Å². The molecule has 2 N–H and O–H groups in total. The molecule has 2 heterocycles. The van der Waals surface area contributed by atoms with E-state index in [0.717, 1.165) is 0 Å². The van der Waals surface area contributed by atoms with Crippen LogP contribution in [-0.2, 0) is 4.79 Å². The molecule has 2 atom stereocenters. The molecule has 2 unspecified atom stereocenters. The van der Waals surface area contributed by atoms with Crippen LogP contribution in [0, 0.1) is 12.8 Å². The Bertz CT molecular complexity index is 500. The number of rotatable bonds is 3. The number of carbonyl (C=O) groups excluding carboxylic acids is 1. The minimum absolute atomic E-state index is 0.249. The van der Waals surface area contributed by atoms with Crippen LogP contribution in [0.1, 0.15) is 37.5 Å². The summed E-state index contributed by atoms with van der Waals surface area (Å²) in [5, 5.41) is 11.8. The fourth-order valence-electron chi connectivity index (χ4n) is 2.27. The molecular weight excluding hydrogens is 262 g/mol. The maximum Gasteiger partial charge on any atom is 0.318 e. The lowest BCUT2D eigenvalue weighted by Gasteiger charge is -2.31. The Morgan fingerprint density at radius 2 is 2.35 bits per heavy atom. The van der Waals surface area contributed by atoms with E-state index in [-0.39, 0.29) is 18.6 Å². The summed E-state index contributed by atoms with van der Waals surface area (Å²) in [5.74, 6) is -0.194. The first kappa shape index (κ1) is 14.4. The van der Waals surface area contributed by atoms with E-state index in [9.17, 15) is 9.59 Å². The first-order valence-electron chi connectivity index (χ1n) is 6.68. The lowest BCUT2D eigenvalue weighted by molar-refractivity contribution is -0.143. The molecule has 0 saturated carbocycles. The second-order valence-electron chi connectivity index (χ2n) is 5.10. The summed E-state index contributed by atoms with van der Waals surface area (Å²) >= 11 is 0. The van der Waals surface area contributed by atoms with Crippen molar-refractivity contribution in [2.24, 2.45) is 5.92 Å². The number of piperidine rings is 1. The molecule has 1 aliphatic heterocycles. The number of likely N-dealkylation sites (tertiary alicyclic amines) is 1. The van der Waals surface area contributed by atoms with Gasteiger partial charge in [-0.2, -0.15) is 0 Å². The van der Waals surface area contributed by atoms with E-state index in [1.165, 1.54) is 4.90 Å². The van der Waals surface area contributed by atoms with Crippen LogP contribution in [-0.4, -0.2) is 40.1 Å². The number of nitrogens with zero attached hydrogens (tertiary/aromatic N) is 2. The highest BCUT2D eigenvalue weighted by atomic mass is 16.4. The van der Waals surface area contributed by atoms with Crippen molar-refractivity contribution in [3.8, 4) is 0 Å². The highest BCUT2D eigenvalue weighted by Gasteiger charge is 2.29. The van der Waals surface area contributed by atoms with Crippen molar-refractivity contribution in [1.82, 2.24) is 15.2 Å². The highest BCUT2D eigenvalue weighted by molar-refractivity contribution is 5.76. The zero-order valence-electron chi connectivity index (χ0n) is 11.6. The van der Waals surface area contributed by atoms with Gasteiger partial charge in [0.25, 0.3) is 0 Å². The van der Waals surface area contributed by atoms with Gasteiger partial charge < -0.3 is 19.7 Å². The van der Waals surface area contributed by atoms with Crippen LogP contribution in [0.4, 0.5) is 4.79 Å². The molecule has 0 bridgehead atoms. The van der Waals surface area contributed by atoms with Crippen molar-refractivity contribution in [1.29, 1.82) is 0 Å². The largest absolute Gasteiger partial charge is 0.481 e. The van der Waals surface area contributed by atoms with Crippen molar-refractivity contribution in [3.63, 3.8) is 0 Å². The van der Waals surface area contributed by atoms with Gasteiger partial charge in [0.15, 0.2) is 0 Å². The number of aliphatic carboxylic acids is 1. The molecule has 0 radical (unpaired) electrons. The Kier molecular flexibility index (Phi) is 4.26. The van der Waals surface area contributed by atoms with Crippen molar-refractivity contribution < 1.29 is 19.1 Å². The number of urea groups is 1. The van der Waals surface area contributed by atoms with Crippen LogP contribution >= 0.6 is 0 Å². The quantitative estimate of drug-likeness (QED) is 0.876. The van der Waals surface area contributed by atoms with Gasteiger partial charge in [-0.15, -0.1) is 0 Å². The van der Waals surface area contributed by atoms with E-state index >= 15 is 0 Å². The smallest absolute Gasteiger partial charge is 0.318 e. The predicted molar refractivity (Wildman–Crippen MR) is 70.1 cm³/mol. The first-order valence-corrected chi connectivity index (χ1v) is 6.68.